The van der Waals surface area contributed by atoms with Gasteiger partial charge in [0.2, 0.25) is 0 Å². The number of hydrogen-bond acceptors (Lipinski definition) is 2. The maximum absolute atomic E-state index is 8.09. The summed E-state index contributed by atoms with van der Waals surface area (Å²) in [6.45, 7) is 7.14. The van der Waals surface area contributed by atoms with Gasteiger partial charge >= 0.3 is 0 Å². The molecule has 17 rings (SSSR count). The summed E-state index contributed by atoms with van der Waals surface area (Å²) in [6, 6.07) is 110. The Kier molecular flexibility index (Phi) is 16.0. The van der Waals surface area contributed by atoms with Gasteiger partial charge in [-0.15, -0.1) is 35.0 Å². The summed E-state index contributed by atoms with van der Waals surface area (Å²) in [4.78, 5) is 9.75. The minimum absolute atomic E-state index is 0. The molecule has 6 heterocycles. The van der Waals surface area contributed by atoms with Crippen molar-refractivity contribution in [2.75, 3.05) is 0 Å². The van der Waals surface area contributed by atoms with Crippen LogP contribution < -0.4 is 20.7 Å². The van der Waals surface area contributed by atoms with E-state index in [2.05, 4.69) is 300 Å². The second kappa shape index (κ2) is 25.8. The molecule has 0 bridgehead atoms. The van der Waals surface area contributed by atoms with E-state index in [0.29, 0.717) is 5.52 Å². The number of para-hydroxylation sites is 7. The first-order valence-corrected chi connectivity index (χ1v) is 37.4. The number of nitrogens with zero attached hydrogens (tertiary/aromatic N) is 8. The van der Waals surface area contributed by atoms with Crippen LogP contribution in [0.1, 0.15) is 4.11 Å². The summed E-state index contributed by atoms with van der Waals surface area (Å²) in [5.74, 6) is 1.74. The first-order valence-electron chi connectivity index (χ1n) is 32.9. The molecule has 0 radical (unpaired) electrons. The van der Waals surface area contributed by atoms with E-state index in [9.17, 15) is 0 Å². The Morgan fingerprint density at radius 2 is 0.726 bits per heavy atom. The number of fused-ring (bicyclic) bond motifs is 8. The molecule has 0 unspecified atom stereocenters. The van der Waals surface area contributed by atoms with Crippen molar-refractivity contribution in [2.45, 2.75) is 26.2 Å². The van der Waals surface area contributed by atoms with E-state index >= 15 is 0 Å². The van der Waals surface area contributed by atoms with E-state index in [4.69, 9.17) is 14.1 Å². The average molecular weight is 1620 g/mol. The van der Waals surface area contributed by atoms with Crippen LogP contribution >= 0.6 is 0 Å². The Morgan fingerprint density at radius 3 is 1.20 bits per heavy atom. The van der Waals surface area contributed by atoms with Crippen LogP contribution in [-0.2, 0) is 49.1 Å². The number of aryl methyl sites for hydroxylation is 1. The topological polar surface area (TPSA) is 55.4 Å². The Balaban J connectivity index is 0.000000164. The summed E-state index contributed by atoms with van der Waals surface area (Å²) < 4.78 is 36.6. The number of imidazole rings is 2. The van der Waals surface area contributed by atoms with E-state index in [1.54, 1.807) is 6.33 Å². The minimum Gasteiger partial charge on any atom is -0.319 e. The van der Waals surface area contributed by atoms with Crippen LogP contribution in [0.5, 0.6) is 0 Å². The Morgan fingerprint density at radius 1 is 0.337 bits per heavy atom. The molecule has 17 aromatic rings. The quantitative estimate of drug-likeness (QED) is 0.0957. The first kappa shape index (κ1) is 58.9. The van der Waals surface area contributed by atoms with Crippen molar-refractivity contribution in [3.8, 4) is 51.0 Å². The maximum Gasteiger partial charge on any atom is 0.188 e. The molecule has 0 aliphatic heterocycles. The van der Waals surface area contributed by atoms with Crippen LogP contribution in [0.4, 0.5) is 0 Å². The van der Waals surface area contributed by atoms with Crippen molar-refractivity contribution in [1.29, 1.82) is 0 Å². The SMILES string of the molecule is C[Si](C)(c1[c-]c(-n2[cH+]n(-c3ccccc3)c3ccccc32)ccc1)c1[c-]c2c(cc1)c1ccccc1n2-c1cc(-c2ccccc2)ccn1.[2H]C([2H])([2H])n1[cH+]n(-c2[c-]c([Si](C)(C)c3[c-]c4c(cc3)c3ccccc3n4-c3cc(-c4ccccc4)ccn3)ccc2)c2ccccc21.[Pt].[Pt]. The second-order valence-corrected chi connectivity index (χ2v) is 33.3. The molecule has 12 heteroatoms. The van der Waals surface area contributed by atoms with Crippen molar-refractivity contribution in [3.63, 3.8) is 0 Å². The van der Waals surface area contributed by atoms with Gasteiger partial charge in [-0.2, -0.15) is 86.0 Å². The largest absolute Gasteiger partial charge is 0.319 e. The number of aromatic nitrogens is 8. The molecule has 0 amide bonds. The Labute approximate surface area is 588 Å². The van der Waals surface area contributed by atoms with Gasteiger partial charge in [-0.3, -0.25) is 0 Å². The third-order valence-corrected chi connectivity index (χ3v) is 25.0. The van der Waals surface area contributed by atoms with Crippen LogP contribution in [0.3, 0.4) is 0 Å². The monoisotopic (exact) mass is 1620 g/mol. The normalized spacial score (nSPS) is 12.3. The zero-order valence-corrected chi connectivity index (χ0v) is 59.0. The predicted octanol–water partition coefficient (Wildman–Crippen LogP) is 17.1. The minimum atomic E-state index is -2.35. The fraction of sp³-hybridized carbons (Fsp3) is 0.0602. The van der Waals surface area contributed by atoms with E-state index in [0.717, 1.165) is 105 Å². The third-order valence-electron chi connectivity index (χ3n) is 18.4. The van der Waals surface area contributed by atoms with Gasteiger partial charge in [0.25, 0.3) is 0 Å². The van der Waals surface area contributed by atoms with Gasteiger partial charge in [0.15, 0.2) is 34.7 Å². The molecule has 0 saturated carbocycles. The molecule has 6 aromatic heterocycles. The fourth-order valence-electron chi connectivity index (χ4n) is 13.3. The summed E-state index contributed by atoms with van der Waals surface area (Å²) in [5.41, 5.74) is 15.5. The smallest absolute Gasteiger partial charge is 0.188 e. The molecule has 0 aliphatic rings. The van der Waals surface area contributed by atoms with Gasteiger partial charge in [0, 0.05) is 112 Å². The van der Waals surface area contributed by atoms with Crippen LogP contribution in [0.15, 0.2) is 298 Å². The predicted molar refractivity (Wildman–Crippen MR) is 391 cm³/mol. The molecule has 0 aliphatic carbocycles. The number of rotatable bonds is 11. The number of benzene rings is 11. The van der Waals surface area contributed by atoms with Crippen molar-refractivity contribution in [1.82, 2.24) is 37.4 Å². The summed E-state index contributed by atoms with van der Waals surface area (Å²) in [6.07, 6.45) is 7.63. The molecular formula is C83H64N8Pt2Si2-2. The third kappa shape index (κ3) is 11.3. The number of hydrogen-bond donors (Lipinski definition) is 0. The summed E-state index contributed by atoms with van der Waals surface area (Å²) >= 11 is 0. The molecule has 0 fully saturated rings. The standard InChI is InChI=1S/C44H33N4Si.C39H31N4Si.2Pt/c1-49(2,36-19-13-18-35(29-36)47-31-46(34-16-7-4-8-17-34)41-22-11-12-23-42(41)47)37-24-25-39-38-20-9-10-21-40(38)48(43(39)30-37)44-28-33(26-27-45-44)32-14-5-3-6-15-32;1-41-27-42(37-19-10-9-18-36(37)41)30-14-11-15-31(25-30)44(2,3)32-20-21-34-33-16-7-8-17-35(33)43(38(34)26-32)39-24-29(22-23-40-39)28-12-5-4-6-13-28;;/h3-28,31H,1-2H3;4-24,27H,1-3H3;;/q2*-1;;/i;1D3;;. The molecule has 0 saturated heterocycles. The second-order valence-electron chi connectivity index (χ2n) is 24.7. The zero-order valence-electron chi connectivity index (χ0n) is 55.5. The van der Waals surface area contributed by atoms with Crippen LogP contribution in [0, 0.1) is 24.3 Å². The first-order chi connectivity index (χ1) is 46.8. The Hall–Kier alpha value is -9.93. The van der Waals surface area contributed by atoms with E-state index in [-0.39, 0.29) is 42.1 Å². The van der Waals surface area contributed by atoms with Crippen molar-refractivity contribution < 1.29 is 46.2 Å². The van der Waals surface area contributed by atoms with Gasteiger partial charge < -0.3 is 9.13 Å². The maximum atomic E-state index is 8.09. The molecule has 95 heavy (non-hydrogen) atoms. The van der Waals surface area contributed by atoms with Gasteiger partial charge in [-0.1, -0.05) is 165 Å². The summed E-state index contributed by atoms with van der Waals surface area (Å²) in [5, 5.41) is 9.39. The Bertz CT molecular complexity index is 5810. The summed E-state index contributed by atoms with van der Waals surface area (Å²) in [7, 11) is -4.61. The van der Waals surface area contributed by atoms with Gasteiger partial charge in [-0.25, -0.2) is 23.7 Å². The number of pyridine rings is 2. The van der Waals surface area contributed by atoms with E-state index < -0.39 is 23.1 Å². The van der Waals surface area contributed by atoms with Gasteiger partial charge in [-0.05, 0) is 93.7 Å². The van der Waals surface area contributed by atoms with Crippen LogP contribution in [0.25, 0.3) is 117 Å². The van der Waals surface area contributed by atoms with Crippen molar-refractivity contribution >= 4 is 103 Å². The average Bonchev–Trinajstić information content (AvgIpc) is 1.57. The van der Waals surface area contributed by atoms with Crippen LogP contribution in [0.2, 0.25) is 26.2 Å². The zero-order chi connectivity index (χ0) is 65.3. The van der Waals surface area contributed by atoms with E-state index in [1.807, 2.05) is 65.5 Å². The fourth-order valence-corrected chi connectivity index (χ4v) is 17.7. The molecule has 8 nitrogen and oxygen atoms in total. The van der Waals surface area contributed by atoms with Crippen molar-refractivity contribution in [2.24, 2.45) is 6.98 Å². The van der Waals surface area contributed by atoms with Crippen LogP contribution in [-0.4, -0.2) is 53.5 Å². The van der Waals surface area contributed by atoms with Gasteiger partial charge in [0.1, 0.15) is 17.3 Å². The van der Waals surface area contributed by atoms with E-state index in [1.165, 1.54) is 31.3 Å². The van der Waals surface area contributed by atoms with Crippen molar-refractivity contribution in [3.05, 3.63) is 322 Å². The molecule has 0 spiro atoms. The molecular weight excluding hydrogens is 1560 g/mol. The molecule has 11 aromatic carbocycles. The van der Waals surface area contributed by atoms with Gasteiger partial charge in [0.05, 0.1) is 16.1 Å². The molecule has 0 N–H and O–H groups in total. The molecule has 466 valence electrons. The molecule has 0 atom stereocenters.